The second kappa shape index (κ2) is 6.01. The van der Waals surface area contributed by atoms with Crippen molar-refractivity contribution < 1.29 is 18.0 Å². The van der Waals surface area contributed by atoms with Crippen molar-refractivity contribution in [1.29, 1.82) is 0 Å². The fourth-order valence-electron chi connectivity index (χ4n) is 2.61. The number of nitrogens with two attached hydrogens (primary N) is 1. The van der Waals surface area contributed by atoms with Crippen molar-refractivity contribution >= 4 is 28.8 Å². The Hall–Kier alpha value is -1.63. The molecule has 1 aromatic carbocycles. The van der Waals surface area contributed by atoms with Crippen molar-refractivity contribution in [3.63, 3.8) is 0 Å². The molecule has 0 atom stereocenters. The zero-order chi connectivity index (χ0) is 15.6. The first-order valence-electron chi connectivity index (χ1n) is 6.63. The molecular weight excluding hydrogens is 301 g/mol. The molecule has 0 heterocycles. The molecule has 1 amide bonds. The van der Waals surface area contributed by atoms with Gasteiger partial charge >= 0.3 is 0 Å². The summed E-state index contributed by atoms with van der Waals surface area (Å²) in [7, 11) is 0. The lowest BCUT2D eigenvalue weighted by Crippen LogP contribution is -2.47. The van der Waals surface area contributed by atoms with E-state index >= 15 is 0 Å². The molecule has 7 heteroatoms. The second-order valence-electron chi connectivity index (χ2n) is 5.18. The fourth-order valence-corrected chi connectivity index (χ4v) is 2.90. The minimum absolute atomic E-state index is 0.0442. The van der Waals surface area contributed by atoms with Crippen LogP contribution in [0.25, 0.3) is 0 Å². The maximum absolute atomic E-state index is 13.6. The smallest absolute Gasteiger partial charge is 0.237 e. The molecule has 0 radical (unpaired) electrons. The molecule has 1 aliphatic carbocycles. The molecule has 1 aliphatic rings. The van der Waals surface area contributed by atoms with Crippen molar-refractivity contribution in [3.05, 3.63) is 29.6 Å². The number of hydrogen-bond acceptors (Lipinski definition) is 2. The van der Waals surface area contributed by atoms with E-state index in [1.807, 2.05) is 0 Å². The molecule has 2 rings (SSSR count). The fraction of sp³-hybridized carbons (Fsp3) is 0.429. The van der Waals surface area contributed by atoms with Crippen LogP contribution in [0.2, 0.25) is 0 Å². The number of carbonyl (C=O) groups is 1. The van der Waals surface area contributed by atoms with E-state index in [9.17, 15) is 18.0 Å². The average molecular weight is 316 g/mol. The third kappa shape index (κ3) is 2.88. The van der Waals surface area contributed by atoms with Crippen LogP contribution in [0.1, 0.15) is 32.1 Å². The summed E-state index contributed by atoms with van der Waals surface area (Å²) in [6.07, 6.45) is 3.48. The van der Waals surface area contributed by atoms with Gasteiger partial charge in [0.25, 0.3) is 0 Å². The zero-order valence-electron chi connectivity index (χ0n) is 11.2. The average Bonchev–Trinajstić information content (AvgIpc) is 2.48. The van der Waals surface area contributed by atoms with Gasteiger partial charge < -0.3 is 11.1 Å². The SMILES string of the molecule is NC(=S)C1(C(=O)Nc2ccc(F)c(F)c2F)CCCCC1. The normalized spacial score (nSPS) is 17.3. The van der Waals surface area contributed by atoms with Crippen LogP contribution in [0.5, 0.6) is 0 Å². The van der Waals surface area contributed by atoms with E-state index in [-0.39, 0.29) is 4.99 Å². The van der Waals surface area contributed by atoms with Crippen LogP contribution in [0, 0.1) is 22.9 Å². The Morgan fingerprint density at radius 1 is 1.14 bits per heavy atom. The number of rotatable bonds is 3. The minimum Gasteiger partial charge on any atom is -0.392 e. The van der Waals surface area contributed by atoms with Crippen LogP contribution in [-0.4, -0.2) is 10.9 Å². The van der Waals surface area contributed by atoms with Gasteiger partial charge in [0.2, 0.25) is 5.91 Å². The van der Waals surface area contributed by atoms with Crippen LogP contribution >= 0.6 is 12.2 Å². The van der Waals surface area contributed by atoms with E-state index in [0.717, 1.165) is 31.4 Å². The number of nitrogens with one attached hydrogen (secondary N) is 1. The highest BCUT2D eigenvalue weighted by molar-refractivity contribution is 7.80. The van der Waals surface area contributed by atoms with Crippen LogP contribution in [0.4, 0.5) is 18.9 Å². The zero-order valence-corrected chi connectivity index (χ0v) is 12.0. The van der Waals surface area contributed by atoms with Gasteiger partial charge in [-0.1, -0.05) is 31.5 Å². The van der Waals surface area contributed by atoms with Gasteiger partial charge in [-0.05, 0) is 25.0 Å². The molecule has 0 spiro atoms. The molecule has 1 saturated carbocycles. The van der Waals surface area contributed by atoms with Gasteiger partial charge in [-0.15, -0.1) is 0 Å². The van der Waals surface area contributed by atoms with E-state index in [0.29, 0.717) is 12.8 Å². The highest BCUT2D eigenvalue weighted by Crippen LogP contribution is 2.38. The molecule has 3 N–H and O–H groups in total. The van der Waals surface area contributed by atoms with Crippen molar-refractivity contribution in [1.82, 2.24) is 0 Å². The number of hydrogen-bond donors (Lipinski definition) is 2. The Kier molecular flexibility index (Phi) is 4.51. The van der Waals surface area contributed by atoms with Gasteiger partial charge in [0.05, 0.1) is 16.1 Å². The molecule has 0 aromatic heterocycles. The lowest BCUT2D eigenvalue weighted by atomic mass is 9.73. The number of thiocarbonyl (C=S) groups is 1. The summed E-state index contributed by atoms with van der Waals surface area (Å²) in [6, 6.07) is 1.73. The summed E-state index contributed by atoms with van der Waals surface area (Å²) in [5, 5.41) is 2.28. The highest BCUT2D eigenvalue weighted by atomic mass is 32.1. The Morgan fingerprint density at radius 3 is 2.33 bits per heavy atom. The number of benzene rings is 1. The van der Waals surface area contributed by atoms with Crippen LogP contribution in [0.3, 0.4) is 0 Å². The molecule has 3 nitrogen and oxygen atoms in total. The van der Waals surface area contributed by atoms with Gasteiger partial charge in [-0.2, -0.15) is 0 Å². The van der Waals surface area contributed by atoms with Gasteiger partial charge in [-0.25, -0.2) is 13.2 Å². The van der Waals surface area contributed by atoms with Crippen molar-refractivity contribution in [2.24, 2.45) is 11.1 Å². The third-order valence-corrected chi connectivity index (χ3v) is 4.29. The topological polar surface area (TPSA) is 55.1 Å². The van der Waals surface area contributed by atoms with Crippen LogP contribution < -0.4 is 11.1 Å². The molecule has 0 aliphatic heterocycles. The van der Waals surface area contributed by atoms with Gasteiger partial charge in [0, 0.05) is 0 Å². The minimum atomic E-state index is -1.62. The van der Waals surface area contributed by atoms with Gasteiger partial charge in [0.15, 0.2) is 17.5 Å². The van der Waals surface area contributed by atoms with Crippen molar-refractivity contribution in [2.75, 3.05) is 5.32 Å². The number of halogens is 3. The lowest BCUT2D eigenvalue weighted by molar-refractivity contribution is -0.123. The largest absolute Gasteiger partial charge is 0.392 e. The summed E-state index contributed by atoms with van der Waals surface area (Å²) < 4.78 is 39.7. The van der Waals surface area contributed by atoms with Crippen LogP contribution in [0.15, 0.2) is 12.1 Å². The van der Waals surface area contributed by atoms with Crippen molar-refractivity contribution in [3.8, 4) is 0 Å². The monoisotopic (exact) mass is 316 g/mol. The molecule has 0 bridgehead atoms. The summed E-state index contributed by atoms with van der Waals surface area (Å²) in [4.78, 5) is 12.5. The quantitative estimate of drug-likeness (QED) is 0.665. The van der Waals surface area contributed by atoms with Crippen LogP contribution in [-0.2, 0) is 4.79 Å². The number of anilines is 1. The predicted molar refractivity (Wildman–Crippen MR) is 77.2 cm³/mol. The van der Waals surface area contributed by atoms with E-state index in [2.05, 4.69) is 5.32 Å². The van der Waals surface area contributed by atoms with E-state index in [1.165, 1.54) is 0 Å². The molecule has 0 unspecified atom stereocenters. The second-order valence-corrected chi connectivity index (χ2v) is 5.62. The third-order valence-electron chi connectivity index (χ3n) is 3.90. The molecule has 0 saturated heterocycles. The first-order chi connectivity index (χ1) is 9.88. The van der Waals surface area contributed by atoms with Gasteiger partial charge in [-0.3, -0.25) is 4.79 Å². The first kappa shape index (κ1) is 15.8. The highest BCUT2D eigenvalue weighted by Gasteiger charge is 2.42. The molecular formula is C14H15F3N2OS. The maximum Gasteiger partial charge on any atom is 0.237 e. The molecule has 21 heavy (non-hydrogen) atoms. The molecule has 114 valence electrons. The number of carbonyl (C=O) groups excluding carboxylic acids is 1. The summed E-state index contributed by atoms with van der Waals surface area (Å²) in [6.45, 7) is 0. The first-order valence-corrected chi connectivity index (χ1v) is 7.04. The summed E-state index contributed by atoms with van der Waals surface area (Å²) in [5.74, 6) is -4.94. The molecule has 1 aromatic rings. The summed E-state index contributed by atoms with van der Waals surface area (Å²) >= 11 is 4.99. The van der Waals surface area contributed by atoms with E-state index < -0.39 is 34.5 Å². The standard InChI is InChI=1S/C14H15F3N2OS/c15-8-4-5-9(11(17)10(8)16)19-13(20)14(12(18)21)6-2-1-3-7-14/h4-5H,1-3,6-7H2,(H2,18,21)(H,19,20). The maximum atomic E-state index is 13.6. The Bertz CT molecular complexity index is 586. The summed E-state index contributed by atoms with van der Waals surface area (Å²) in [5.41, 5.74) is 4.22. The molecule has 1 fully saturated rings. The van der Waals surface area contributed by atoms with E-state index in [1.54, 1.807) is 0 Å². The lowest BCUT2D eigenvalue weighted by Gasteiger charge is -2.34. The van der Waals surface area contributed by atoms with Gasteiger partial charge in [0.1, 0.15) is 0 Å². The number of amides is 1. The Morgan fingerprint density at radius 2 is 1.76 bits per heavy atom. The van der Waals surface area contributed by atoms with Crippen molar-refractivity contribution in [2.45, 2.75) is 32.1 Å². The Balaban J connectivity index is 2.28. The Labute approximate surface area is 125 Å². The predicted octanol–water partition coefficient (Wildman–Crippen LogP) is 3.28. The van der Waals surface area contributed by atoms with E-state index in [4.69, 9.17) is 18.0 Å².